The van der Waals surface area contributed by atoms with E-state index in [1.807, 2.05) is 0 Å². The first-order valence-electron chi connectivity index (χ1n) is 4.27. The first kappa shape index (κ1) is 10.2. The molecule has 1 rings (SSSR count). The third kappa shape index (κ3) is 1.46. The summed E-state index contributed by atoms with van der Waals surface area (Å²) in [5.41, 5.74) is -0.0844. The molecule has 0 saturated heterocycles. The highest BCUT2D eigenvalue weighted by molar-refractivity contribution is 5.57. The van der Waals surface area contributed by atoms with Gasteiger partial charge in [0.15, 0.2) is 0 Å². The second kappa shape index (κ2) is 3.91. The fraction of sp³-hybridized carbons (Fsp3) is 0.200. The molecule has 74 valence electrons. The van der Waals surface area contributed by atoms with Crippen LogP contribution in [-0.2, 0) is 6.54 Å². The van der Waals surface area contributed by atoms with Gasteiger partial charge in [-0.3, -0.25) is 9.59 Å². The normalized spacial score (nSPS) is 9.79. The number of nitrogens with zero attached hydrogens (tertiary/aromatic N) is 1. The zero-order valence-corrected chi connectivity index (χ0v) is 8.04. The number of hydrogen-bond acceptors (Lipinski definition) is 2. The lowest BCUT2D eigenvalue weighted by molar-refractivity contribution is 0.698. The van der Waals surface area contributed by atoms with Crippen molar-refractivity contribution in [3.63, 3.8) is 0 Å². The Bertz CT molecular complexity index is 480. The Kier molecular flexibility index (Phi) is 2.86. The number of aromatic amines is 1. The molecule has 0 bridgehead atoms. The molecule has 0 radical (unpaired) electrons. The van der Waals surface area contributed by atoms with Crippen LogP contribution in [0.25, 0.3) is 12.2 Å². The van der Waals surface area contributed by atoms with Crippen LogP contribution in [0.3, 0.4) is 0 Å². The molecule has 1 aromatic rings. The topological polar surface area (TPSA) is 54.9 Å². The predicted octanol–water partition coefficient (Wildman–Crippen LogP) is 0.843. The van der Waals surface area contributed by atoms with Crippen molar-refractivity contribution in [2.45, 2.75) is 13.5 Å². The summed E-state index contributed by atoms with van der Waals surface area (Å²) >= 11 is 0. The zero-order valence-electron chi connectivity index (χ0n) is 8.04. The van der Waals surface area contributed by atoms with E-state index in [-0.39, 0.29) is 0 Å². The van der Waals surface area contributed by atoms with Gasteiger partial charge < -0.3 is 9.55 Å². The van der Waals surface area contributed by atoms with Crippen LogP contribution in [0.5, 0.6) is 0 Å². The molecule has 4 heteroatoms. The molecule has 0 spiro atoms. The Hall–Kier alpha value is -1.84. The molecule has 0 unspecified atom stereocenters. The van der Waals surface area contributed by atoms with Gasteiger partial charge in [-0.2, -0.15) is 0 Å². The lowest BCUT2D eigenvalue weighted by Crippen LogP contribution is -2.38. The minimum absolute atomic E-state index is 0.435. The zero-order chi connectivity index (χ0) is 10.7. The summed E-state index contributed by atoms with van der Waals surface area (Å²) in [6, 6.07) is 0. The van der Waals surface area contributed by atoms with Crippen molar-refractivity contribution in [1.29, 1.82) is 0 Å². The van der Waals surface area contributed by atoms with Crippen molar-refractivity contribution in [3.05, 3.63) is 45.3 Å². The van der Waals surface area contributed by atoms with Crippen LogP contribution in [0.1, 0.15) is 18.3 Å². The maximum atomic E-state index is 11.4. The smallest absolute Gasteiger partial charge is 0.316 e. The standard InChI is InChI=1S/C10H12N2O2/c1-4-7-8(5-2)12(6-3)10(14)9(13)11-7/h4-5H,1-2,6H2,3H3,(H,11,13). The number of nitrogens with one attached hydrogen (secondary N) is 1. The highest BCUT2D eigenvalue weighted by atomic mass is 16.2. The highest BCUT2D eigenvalue weighted by Crippen LogP contribution is 2.04. The Morgan fingerprint density at radius 2 is 2.00 bits per heavy atom. The first-order valence-corrected chi connectivity index (χ1v) is 4.27. The van der Waals surface area contributed by atoms with Crippen molar-refractivity contribution in [3.8, 4) is 0 Å². The molecule has 4 nitrogen and oxygen atoms in total. The molecule has 0 atom stereocenters. The molecule has 0 aromatic carbocycles. The number of H-pyrrole nitrogens is 1. The fourth-order valence-corrected chi connectivity index (χ4v) is 1.31. The van der Waals surface area contributed by atoms with Crippen LogP contribution in [-0.4, -0.2) is 9.55 Å². The largest absolute Gasteiger partial charge is 0.316 e. The molecule has 0 fully saturated rings. The van der Waals surface area contributed by atoms with Crippen LogP contribution in [0.4, 0.5) is 0 Å². The van der Waals surface area contributed by atoms with Gasteiger partial charge in [-0.15, -0.1) is 0 Å². The number of hydrogen-bond donors (Lipinski definition) is 1. The molecule has 1 heterocycles. The second-order valence-electron chi connectivity index (χ2n) is 2.71. The quantitative estimate of drug-likeness (QED) is 0.721. The summed E-state index contributed by atoms with van der Waals surface area (Å²) in [6.45, 7) is 9.37. The third-order valence-corrected chi connectivity index (χ3v) is 1.97. The van der Waals surface area contributed by atoms with E-state index in [4.69, 9.17) is 0 Å². The minimum Gasteiger partial charge on any atom is -0.316 e. The predicted molar refractivity (Wildman–Crippen MR) is 57.2 cm³/mol. The third-order valence-electron chi connectivity index (χ3n) is 1.97. The summed E-state index contributed by atoms with van der Waals surface area (Å²) < 4.78 is 1.36. The molecular formula is C10H12N2O2. The minimum atomic E-state index is -0.632. The average Bonchev–Trinajstić information content (AvgIpc) is 2.20. The van der Waals surface area contributed by atoms with E-state index in [0.717, 1.165) is 0 Å². The first-order chi connectivity index (χ1) is 6.65. The molecule has 0 aliphatic heterocycles. The Morgan fingerprint density at radius 1 is 1.36 bits per heavy atom. The van der Waals surface area contributed by atoms with Crippen molar-refractivity contribution in [2.75, 3.05) is 0 Å². The van der Waals surface area contributed by atoms with Gasteiger partial charge in [0, 0.05) is 6.54 Å². The van der Waals surface area contributed by atoms with Gasteiger partial charge in [-0.25, -0.2) is 0 Å². The van der Waals surface area contributed by atoms with E-state index >= 15 is 0 Å². The fourth-order valence-electron chi connectivity index (χ4n) is 1.31. The van der Waals surface area contributed by atoms with E-state index in [9.17, 15) is 9.59 Å². The summed E-state index contributed by atoms with van der Waals surface area (Å²) in [5.74, 6) is 0. The van der Waals surface area contributed by atoms with Crippen molar-refractivity contribution in [2.24, 2.45) is 0 Å². The van der Waals surface area contributed by atoms with Crippen molar-refractivity contribution in [1.82, 2.24) is 9.55 Å². The molecule has 14 heavy (non-hydrogen) atoms. The highest BCUT2D eigenvalue weighted by Gasteiger charge is 2.07. The summed E-state index contributed by atoms with van der Waals surface area (Å²) in [5, 5.41) is 0. The maximum Gasteiger partial charge on any atom is 0.316 e. The molecule has 0 saturated carbocycles. The summed E-state index contributed by atoms with van der Waals surface area (Å²) in [7, 11) is 0. The lowest BCUT2D eigenvalue weighted by Gasteiger charge is -2.08. The number of rotatable bonds is 3. The SMILES string of the molecule is C=Cc1[nH]c(=O)c(=O)n(CC)c1C=C. The van der Waals surface area contributed by atoms with Crippen LogP contribution in [0.15, 0.2) is 22.7 Å². The van der Waals surface area contributed by atoms with Gasteiger partial charge in [-0.05, 0) is 19.1 Å². The Balaban J connectivity index is 3.76. The monoisotopic (exact) mass is 192 g/mol. The Labute approximate surface area is 81.2 Å². The molecular weight excluding hydrogens is 180 g/mol. The van der Waals surface area contributed by atoms with Gasteiger partial charge in [0.1, 0.15) is 0 Å². The molecule has 1 aromatic heterocycles. The van der Waals surface area contributed by atoms with Crippen LogP contribution in [0, 0.1) is 0 Å². The van der Waals surface area contributed by atoms with Crippen molar-refractivity contribution < 1.29 is 0 Å². The van der Waals surface area contributed by atoms with Gasteiger partial charge in [0.25, 0.3) is 0 Å². The lowest BCUT2D eigenvalue weighted by atomic mass is 10.3. The summed E-state index contributed by atoms with van der Waals surface area (Å²) in [4.78, 5) is 25.0. The average molecular weight is 192 g/mol. The van der Waals surface area contributed by atoms with Gasteiger partial charge >= 0.3 is 11.1 Å². The maximum absolute atomic E-state index is 11.4. The molecule has 0 amide bonds. The van der Waals surface area contributed by atoms with Gasteiger partial charge in [0.2, 0.25) is 0 Å². The van der Waals surface area contributed by atoms with Gasteiger partial charge in [-0.1, -0.05) is 13.2 Å². The van der Waals surface area contributed by atoms with E-state index < -0.39 is 11.1 Å². The van der Waals surface area contributed by atoms with E-state index in [2.05, 4.69) is 18.1 Å². The van der Waals surface area contributed by atoms with Crippen LogP contribution < -0.4 is 11.1 Å². The summed E-state index contributed by atoms with van der Waals surface area (Å²) in [6.07, 6.45) is 3.02. The Morgan fingerprint density at radius 3 is 2.43 bits per heavy atom. The molecule has 0 aliphatic rings. The van der Waals surface area contributed by atoms with E-state index in [0.29, 0.717) is 17.9 Å². The molecule has 1 N–H and O–H groups in total. The van der Waals surface area contributed by atoms with Gasteiger partial charge in [0.05, 0.1) is 11.4 Å². The van der Waals surface area contributed by atoms with Crippen LogP contribution >= 0.6 is 0 Å². The number of aromatic nitrogens is 2. The van der Waals surface area contributed by atoms with Crippen LogP contribution in [0.2, 0.25) is 0 Å². The molecule has 0 aliphatic carbocycles. The van der Waals surface area contributed by atoms with E-state index in [1.54, 1.807) is 6.92 Å². The van der Waals surface area contributed by atoms with Crippen molar-refractivity contribution >= 4 is 12.2 Å². The second-order valence-corrected chi connectivity index (χ2v) is 2.71. The van der Waals surface area contributed by atoms with E-state index in [1.165, 1.54) is 16.7 Å².